The summed E-state index contributed by atoms with van der Waals surface area (Å²) >= 11 is 0. The minimum atomic E-state index is -0.0383. The molecule has 0 amide bonds. The minimum Gasteiger partial charge on any atom is -0.353 e. The number of rotatable bonds is 1. The van der Waals surface area contributed by atoms with Crippen LogP contribution in [0.1, 0.15) is 25.0 Å². The molecule has 1 nitrogen and oxygen atoms in total. The number of fused-ring (bicyclic) bond motifs is 8. The summed E-state index contributed by atoms with van der Waals surface area (Å²) in [5.41, 5.74) is 10.6. The van der Waals surface area contributed by atoms with Crippen LogP contribution in [0.15, 0.2) is 97.1 Å². The Hall–Kier alpha value is -3.84. The van der Waals surface area contributed by atoms with E-state index >= 15 is 0 Å². The first-order valence-electron chi connectivity index (χ1n) is 11.3. The topological polar surface area (TPSA) is 15.8 Å². The first kappa shape index (κ1) is 17.8. The summed E-state index contributed by atoms with van der Waals surface area (Å²) in [7, 11) is 0. The van der Waals surface area contributed by atoms with E-state index in [9.17, 15) is 0 Å². The first-order chi connectivity index (χ1) is 15.6. The molecule has 0 aliphatic heterocycles. The van der Waals surface area contributed by atoms with E-state index in [-0.39, 0.29) is 5.41 Å². The average molecular weight is 410 g/mol. The van der Waals surface area contributed by atoms with Crippen LogP contribution in [0.2, 0.25) is 0 Å². The van der Waals surface area contributed by atoms with Gasteiger partial charge in [0.05, 0.1) is 11.0 Å². The summed E-state index contributed by atoms with van der Waals surface area (Å²) in [4.78, 5) is 3.83. The highest BCUT2D eigenvalue weighted by atomic mass is 14.7. The van der Waals surface area contributed by atoms with Crippen molar-refractivity contribution in [3.63, 3.8) is 0 Å². The summed E-state index contributed by atoms with van der Waals surface area (Å²) < 4.78 is 0. The van der Waals surface area contributed by atoms with Crippen molar-refractivity contribution < 1.29 is 0 Å². The van der Waals surface area contributed by atoms with Crippen LogP contribution in [0.4, 0.5) is 0 Å². The van der Waals surface area contributed by atoms with E-state index in [0.717, 1.165) is 0 Å². The quantitative estimate of drug-likeness (QED) is 0.280. The number of benzene rings is 5. The smallest absolute Gasteiger partial charge is 0.0544 e. The number of hydrogen-bond acceptors (Lipinski definition) is 0. The van der Waals surface area contributed by atoms with E-state index in [4.69, 9.17) is 0 Å². The third-order valence-corrected chi connectivity index (χ3v) is 7.40. The van der Waals surface area contributed by atoms with Gasteiger partial charge in [-0.05, 0) is 33.2 Å². The fraction of sp³-hybridized carbons (Fsp3) is 0.0968. The molecule has 7 rings (SSSR count). The average Bonchev–Trinajstić information content (AvgIpc) is 3.33. The zero-order chi connectivity index (χ0) is 21.4. The molecule has 1 heteroatoms. The molecule has 1 aliphatic rings. The van der Waals surface area contributed by atoms with Gasteiger partial charge in [-0.2, -0.15) is 0 Å². The summed E-state index contributed by atoms with van der Waals surface area (Å²) in [5.74, 6) is 0. The number of nitrogens with one attached hydrogen (secondary N) is 1. The van der Waals surface area contributed by atoms with Gasteiger partial charge < -0.3 is 4.98 Å². The van der Waals surface area contributed by atoms with Crippen LogP contribution in [0.5, 0.6) is 0 Å². The Morgan fingerprint density at radius 1 is 0.500 bits per heavy atom. The number of para-hydroxylation sites is 1. The van der Waals surface area contributed by atoms with E-state index in [1.807, 2.05) is 0 Å². The molecule has 0 radical (unpaired) electrons. The van der Waals surface area contributed by atoms with E-state index < -0.39 is 0 Å². The summed E-state index contributed by atoms with van der Waals surface area (Å²) in [6.45, 7) is 4.72. The highest BCUT2D eigenvalue weighted by molar-refractivity contribution is 6.19. The second-order valence-electron chi connectivity index (χ2n) is 9.46. The third kappa shape index (κ3) is 2.18. The molecule has 0 bridgehead atoms. The van der Waals surface area contributed by atoms with Gasteiger partial charge in [0, 0.05) is 27.1 Å². The van der Waals surface area contributed by atoms with Crippen LogP contribution in [0.25, 0.3) is 54.8 Å². The highest BCUT2D eigenvalue weighted by Crippen LogP contribution is 2.52. The summed E-state index contributed by atoms with van der Waals surface area (Å²) in [5, 5.41) is 5.12. The molecule has 0 spiro atoms. The molecule has 0 saturated carbocycles. The molecular formula is C31H23N. The van der Waals surface area contributed by atoms with Crippen LogP contribution in [0.3, 0.4) is 0 Å². The van der Waals surface area contributed by atoms with E-state index in [2.05, 4.69) is 116 Å². The second-order valence-corrected chi connectivity index (χ2v) is 9.46. The highest BCUT2D eigenvalue weighted by Gasteiger charge is 2.37. The Morgan fingerprint density at radius 3 is 2.03 bits per heavy atom. The van der Waals surface area contributed by atoms with Crippen molar-refractivity contribution in [2.75, 3.05) is 0 Å². The van der Waals surface area contributed by atoms with Gasteiger partial charge in [-0.25, -0.2) is 0 Å². The third-order valence-electron chi connectivity index (χ3n) is 7.40. The lowest BCUT2D eigenvalue weighted by Crippen LogP contribution is -2.16. The standard InChI is InChI=1S/C31H23N/c1-31(2)27-16-6-5-11-21(27)22-12-7-13-23(28(22)31)24-14-8-15-25-26-18-17-19-9-3-4-10-20(19)29(26)32-30(24)25/h3-18,32H,1-2H3. The van der Waals surface area contributed by atoms with Gasteiger partial charge in [0.1, 0.15) is 0 Å². The van der Waals surface area contributed by atoms with Gasteiger partial charge in [-0.3, -0.25) is 0 Å². The van der Waals surface area contributed by atoms with E-state index in [1.54, 1.807) is 0 Å². The van der Waals surface area contributed by atoms with Crippen molar-refractivity contribution >= 4 is 32.6 Å². The zero-order valence-electron chi connectivity index (χ0n) is 18.2. The summed E-state index contributed by atoms with van der Waals surface area (Å²) in [6.07, 6.45) is 0. The second kappa shape index (κ2) is 6.11. The molecule has 1 aliphatic carbocycles. The number of aromatic nitrogens is 1. The van der Waals surface area contributed by atoms with Gasteiger partial charge in [-0.15, -0.1) is 0 Å². The normalized spacial score (nSPS) is 14.2. The van der Waals surface area contributed by atoms with Gasteiger partial charge in [0.25, 0.3) is 0 Å². The van der Waals surface area contributed by atoms with Crippen LogP contribution >= 0.6 is 0 Å². The monoisotopic (exact) mass is 409 g/mol. The van der Waals surface area contributed by atoms with Crippen molar-refractivity contribution in [2.24, 2.45) is 0 Å². The number of aromatic amines is 1. The molecule has 1 heterocycles. The largest absolute Gasteiger partial charge is 0.353 e. The Labute approximate surface area is 187 Å². The molecule has 5 aromatic carbocycles. The molecule has 0 fully saturated rings. The van der Waals surface area contributed by atoms with Crippen molar-refractivity contribution in [2.45, 2.75) is 19.3 Å². The lowest BCUT2D eigenvalue weighted by molar-refractivity contribution is 0.662. The maximum atomic E-state index is 3.83. The van der Waals surface area contributed by atoms with Crippen molar-refractivity contribution in [1.82, 2.24) is 4.98 Å². The molecule has 1 aromatic heterocycles. The predicted octanol–water partition coefficient (Wildman–Crippen LogP) is 8.45. The van der Waals surface area contributed by atoms with Gasteiger partial charge in [0.15, 0.2) is 0 Å². The lowest BCUT2D eigenvalue weighted by Gasteiger charge is -2.24. The van der Waals surface area contributed by atoms with Crippen molar-refractivity contribution in [3.05, 3.63) is 108 Å². The number of hydrogen-bond donors (Lipinski definition) is 1. The fourth-order valence-corrected chi connectivity index (χ4v) is 5.96. The van der Waals surface area contributed by atoms with Gasteiger partial charge in [0.2, 0.25) is 0 Å². The first-order valence-corrected chi connectivity index (χ1v) is 11.3. The molecular weight excluding hydrogens is 386 g/mol. The molecule has 32 heavy (non-hydrogen) atoms. The van der Waals surface area contributed by atoms with Crippen molar-refractivity contribution in [1.29, 1.82) is 0 Å². The SMILES string of the molecule is CC1(C)c2ccccc2-c2cccc(-c3cccc4c3[nH]c3c5ccccc5ccc43)c21. The predicted molar refractivity (Wildman–Crippen MR) is 136 cm³/mol. The van der Waals surface area contributed by atoms with Gasteiger partial charge >= 0.3 is 0 Å². The lowest BCUT2D eigenvalue weighted by atomic mass is 9.78. The Bertz CT molecular complexity index is 1700. The zero-order valence-corrected chi connectivity index (χ0v) is 18.2. The minimum absolute atomic E-state index is 0.0383. The Balaban J connectivity index is 1.58. The molecule has 0 unspecified atom stereocenters. The van der Waals surface area contributed by atoms with Crippen molar-refractivity contribution in [3.8, 4) is 22.3 Å². The van der Waals surface area contributed by atoms with Crippen LogP contribution < -0.4 is 0 Å². The molecule has 152 valence electrons. The molecule has 1 N–H and O–H groups in total. The molecule has 0 saturated heterocycles. The van der Waals surface area contributed by atoms with E-state index in [0.29, 0.717) is 0 Å². The Morgan fingerprint density at radius 2 is 1.12 bits per heavy atom. The van der Waals surface area contributed by atoms with E-state index in [1.165, 1.54) is 66.0 Å². The Kier molecular flexibility index (Phi) is 3.40. The maximum absolute atomic E-state index is 3.83. The summed E-state index contributed by atoms with van der Waals surface area (Å²) in [6, 6.07) is 35.5. The van der Waals surface area contributed by atoms with Crippen LogP contribution in [-0.4, -0.2) is 4.98 Å². The van der Waals surface area contributed by atoms with Crippen LogP contribution in [-0.2, 0) is 5.41 Å². The molecule has 6 aromatic rings. The number of H-pyrrole nitrogens is 1. The fourth-order valence-electron chi connectivity index (χ4n) is 5.96. The molecule has 0 atom stereocenters. The maximum Gasteiger partial charge on any atom is 0.0544 e. The van der Waals surface area contributed by atoms with Gasteiger partial charge in [-0.1, -0.05) is 111 Å². The van der Waals surface area contributed by atoms with Crippen LogP contribution in [0, 0.1) is 0 Å².